The van der Waals surface area contributed by atoms with E-state index in [0.717, 1.165) is 29.3 Å². The van der Waals surface area contributed by atoms with Crippen LogP contribution in [0.2, 0.25) is 0 Å². The van der Waals surface area contributed by atoms with Gasteiger partial charge < -0.3 is 15.8 Å². The van der Waals surface area contributed by atoms with Crippen molar-refractivity contribution in [1.29, 1.82) is 0 Å². The van der Waals surface area contributed by atoms with E-state index in [1.807, 2.05) is 24.3 Å². The molecule has 1 aliphatic carbocycles. The third-order valence-electron chi connectivity index (χ3n) is 5.47. The number of amides is 3. The van der Waals surface area contributed by atoms with E-state index in [9.17, 15) is 14.4 Å². The molecule has 1 saturated heterocycles. The van der Waals surface area contributed by atoms with Gasteiger partial charge in [-0.05, 0) is 63.6 Å². The van der Waals surface area contributed by atoms with Crippen molar-refractivity contribution >= 4 is 33.8 Å². The van der Waals surface area contributed by atoms with Crippen molar-refractivity contribution in [3.63, 3.8) is 0 Å². The molecule has 3 amide bonds. The summed E-state index contributed by atoms with van der Waals surface area (Å²) in [5.41, 5.74) is 5.79. The topological polar surface area (TPSA) is 102 Å². The monoisotopic (exact) mass is 465 g/mol. The van der Waals surface area contributed by atoms with Crippen LogP contribution >= 0.6 is 15.9 Å². The van der Waals surface area contributed by atoms with Gasteiger partial charge in [-0.2, -0.15) is 0 Å². The van der Waals surface area contributed by atoms with Crippen molar-refractivity contribution < 1.29 is 19.1 Å². The summed E-state index contributed by atoms with van der Waals surface area (Å²) in [7, 11) is 0. The van der Waals surface area contributed by atoms with E-state index >= 15 is 0 Å². The molecule has 0 radical (unpaired) electrons. The number of ether oxygens (including phenoxy) is 1. The van der Waals surface area contributed by atoms with Crippen molar-refractivity contribution in [2.45, 2.75) is 70.2 Å². The fraction of sp³-hybridized carbons (Fsp3) is 0.571. The van der Waals surface area contributed by atoms with Gasteiger partial charge in [0.1, 0.15) is 17.7 Å². The standard InChI is InChI=1S/C21H28BrN3O4/c1-21(2,3)29-20(28)25-15-9-6-13(11-15)17(25)19(27)24-16(18(23)26)10-12-4-7-14(22)8-5-12/h4-5,7-8,13,15-17H,6,9-11H2,1-3H3,(H2,23,26)(H,24,27)/t13-,15+,16-,17-/m0/s1. The van der Waals surface area contributed by atoms with Gasteiger partial charge in [0.05, 0.1) is 0 Å². The normalized spacial score (nSPS) is 24.3. The predicted molar refractivity (Wildman–Crippen MR) is 112 cm³/mol. The van der Waals surface area contributed by atoms with E-state index in [1.165, 1.54) is 0 Å². The molecule has 1 aromatic rings. The molecule has 1 heterocycles. The number of likely N-dealkylation sites (tertiary alicyclic amines) is 1. The number of halogens is 1. The Morgan fingerprint density at radius 2 is 1.90 bits per heavy atom. The van der Waals surface area contributed by atoms with Crippen molar-refractivity contribution in [1.82, 2.24) is 10.2 Å². The van der Waals surface area contributed by atoms with Crippen molar-refractivity contribution in [2.24, 2.45) is 11.7 Å². The lowest BCUT2D eigenvalue weighted by Gasteiger charge is -2.36. The number of hydrogen-bond donors (Lipinski definition) is 2. The van der Waals surface area contributed by atoms with Gasteiger partial charge in [0.2, 0.25) is 11.8 Å². The Morgan fingerprint density at radius 1 is 1.24 bits per heavy atom. The second-order valence-corrected chi connectivity index (χ2v) is 9.77. The number of nitrogens with two attached hydrogens (primary N) is 1. The summed E-state index contributed by atoms with van der Waals surface area (Å²) in [6, 6.07) is 6.01. The summed E-state index contributed by atoms with van der Waals surface area (Å²) in [5.74, 6) is -0.870. The Hall–Kier alpha value is -2.09. The zero-order chi connectivity index (χ0) is 21.3. The van der Waals surface area contributed by atoms with E-state index in [-0.39, 0.29) is 17.9 Å². The summed E-state index contributed by atoms with van der Waals surface area (Å²) in [5, 5.41) is 2.78. The van der Waals surface area contributed by atoms with Crippen molar-refractivity contribution in [2.75, 3.05) is 0 Å². The average Bonchev–Trinajstić information content (AvgIpc) is 3.22. The third-order valence-corrected chi connectivity index (χ3v) is 6.00. The van der Waals surface area contributed by atoms with Gasteiger partial charge in [-0.3, -0.25) is 14.5 Å². The molecule has 1 aliphatic heterocycles. The van der Waals surface area contributed by atoms with Crippen LogP contribution in [0.15, 0.2) is 28.7 Å². The highest BCUT2D eigenvalue weighted by Crippen LogP contribution is 2.43. The van der Waals surface area contributed by atoms with E-state index in [0.29, 0.717) is 6.42 Å². The molecule has 29 heavy (non-hydrogen) atoms. The van der Waals surface area contributed by atoms with Gasteiger partial charge in [0.15, 0.2) is 0 Å². The van der Waals surface area contributed by atoms with Gasteiger partial charge in [0, 0.05) is 16.9 Å². The second kappa shape index (κ2) is 8.34. The van der Waals surface area contributed by atoms with Gasteiger partial charge in [-0.25, -0.2) is 4.79 Å². The largest absolute Gasteiger partial charge is 0.444 e. The summed E-state index contributed by atoms with van der Waals surface area (Å²) >= 11 is 3.37. The lowest BCUT2D eigenvalue weighted by molar-refractivity contribution is -0.132. The molecular weight excluding hydrogens is 438 g/mol. The molecule has 3 rings (SSSR count). The lowest BCUT2D eigenvalue weighted by atomic mass is 9.97. The van der Waals surface area contributed by atoms with Gasteiger partial charge >= 0.3 is 6.09 Å². The number of nitrogens with zero attached hydrogens (tertiary/aromatic N) is 1. The molecule has 0 aromatic heterocycles. The van der Waals surface area contributed by atoms with Crippen LogP contribution in [0.25, 0.3) is 0 Å². The fourth-order valence-corrected chi connectivity index (χ4v) is 4.50. The molecule has 2 aliphatic rings. The van der Waals surface area contributed by atoms with Crippen LogP contribution in [0, 0.1) is 5.92 Å². The Labute approximate surface area is 179 Å². The predicted octanol–water partition coefficient (Wildman–Crippen LogP) is 2.75. The van der Waals surface area contributed by atoms with Crippen LogP contribution in [0.5, 0.6) is 0 Å². The number of benzene rings is 1. The van der Waals surface area contributed by atoms with E-state index in [1.54, 1.807) is 25.7 Å². The smallest absolute Gasteiger partial charge is 0.411 e. The summed E-state index contributed by atoms with van der Waals surface area (Å²) in [4.78, 5) is 39.4. The molecule has 4 atom stereocenters. The first kappa shape index (κ1) is 21.6. The highest BCUT2D eigenvalue weighted by Gasteiger charge is 2.52. The zero-order valence-electron chi connectivity index (χ0n) is 17.0. The number of carbonyl (C=O) groups is 3. The molecule has 7 nitrogen and oxygen atoms in total. The quantitative estimate of drug-likeness (QED) is 0.697. The minimum atomic E-state index is -0.844. The van der Waals surface area contributed by atoms with Gasteiger partial charge in [-0.15, -0.1) is 0 Å². The SMILES string of the molecule is CC(C)(C)OC(=O)N1[C@@H]2CC[C@@H](C2)[C@H]1C(=O)N[C@@H](Cc1ccc(Br)cc1)C(N)=O. The highest BCUT2D eigenvalue weighted by molar-refractivity contribution is 9.10. The van der Waals surface area contributed by atoms with Crippen molar-refractivity contribution in [3.8, 4) is 0 Å². The first-order valence-electron chi connectivity index (χ1n) is 9.90. The Morgan fingerprint density at radius 3 is 2.48 bits per heavy atom. The second-order valence-electron chi connectivity index (χ2n) is 8.85. The molecule has 2 fully saturated rings. The van der Waals surface area contributed by atoms with E-state index in [4.69, 9.17) is 10.5 Å². The van der Waals surface area contributed by atoms with Crippen LogP contribution in [-0.4, -0.2) is 46.5 Å². The maximum atomic E-state index is 13.1. The number of rotatable bonds is 5. The molecular formula is C21H28BrN3O4. The van der Waals surface area contributed by atoms with Crippen LogP contribution in [-0.2, 0) is 20.7 Å². The zero-order valence-corrected chi connectivity index (χ0v) is 18.6. The molecule has 158 valence electrons. The molecule has 3 N–H and O–H groups in total. The van der Waals surface area contributed by atoms with Gasteiger partial charge in [-0.1, -0.05) is 28.1 Å². The molecule has 2 bridgehead atoms. The van der Waals surface area contributed by atoms with E-state index < -0.39 is 29.7 Å². The lowest BCUT2D eigenvalue weighted by Crippen LogP contribution is -2.57. The Balaban J connectivity index is 1.73. The molecule has 0 unspecified atom stereocenters. The summed E-state index contributed by atoms with van der Waals surface area (Å²) in [6.07, 6.45) is 2.35. The maximum Gasteiger partial charge on any atom is 0.411 e. The number of primary amides is 1. The first-order chi connectivity index (χ1) is 13.5. The maximum absolute atomic E-state index is 13.1. The number of fused-ring (bicyclic) bond motifs is 2. The van der Waals surface area contributed by atoms with Gasteiger partial charge in [0.25, 0.3) is 0 Å². The number of carbonyl (C=O) groups excluding carboxylic acids is 3. The molecule has 0 spiro atoms. The van der Waals surface area contributed by atoms with Crippen LogP contribution in [0.4, 0.5) is 4.79 Å². The van der Waals surface area contributed by atoms with Crippen molar-refractivity contribution in [3.05, 3.63) is 34.3 Å². The first-order valence-corrected chi connectivity index (χ1v) is 10.7. The Bertz CT molecular complexity index is 790. The number of nitrogens with one attached hydrogen (secondary N) is 1. The minimum Gasteiger partial charge on any atom is -0.444 e. The summed E-state index contributed by atoms with van der Waals surface area (Å²) < 4.78 is 6.45. The highest BCUT2D eigenvalue weighted by atomic mass is 79.9. The fourth-order valence-electron chi connectivity index (χ4n) is 4.24. The van der Waals surface area contributed by atoms with E-state index in [2.05, 4.69) is 21.2 Å². The minimum absolute atomic E-state index is 0.00380. The van der Waals surface area contributed by atoms with Crippen LogP contribution < -0.4 is 11.1 Å². The molecule has 1 aromatic carbocycles. The molecule has 1 saturated carbocycles. The number of hydrogen-bond acceptors (Lipinski definition) is 4. The molecule has 8 heteroatoms. The third kappa shape index (κ3) is 5.10. The van der Waals surface area contributed by atoms with Crippen LogP contribution in [0.3, 0.4) is 0 Å². The average molecular weight is 466 g/mol. The Kier molecular flexibility index (Phi) is 6.22. The van der Waals surface area contributed by atoms with Crippen LogP contribution in [0.1, 0.15) is 45.6 Å². The number of piperidine rings is 1. The summed E-state index contributed by atoms with van der Waals surface area (Å²) in [6.45, 7) is 5.40.